The summed E-state index contributed by atoms with van der Waals surface area (Å²) >= 11 is 0. The van der Waals surface area contributed by atoms with Gasteiger partial charge in [-0.05, 0) is 11.8 Å². The van der Waals surface area contributed by atoms with Gasteiger partial charge in [-0.3, -0.25) is 0 Å². The Hall–Kier alpha value is -0.130. The number of hydrogen-bond donors (Lipinski definition) is 1. The Morgan fingerprint density at radius 3 is 2.09 bits per heavy atom. The summed E-state index contributed by atoms with van der Waals surface area (Å²) in [7, 11) is -4.25. The fourth-order valence-corrected chi connectivity index (χ4v) is 0.903. The van der Waals surface area contributed by atoms with E-state index in [-0.39, 0.29) is 12.0 Å². The van der Waals surface area contributed by atoms with Gasteiger partial charge in [0, 0.05) is 6.54 Å². The molecule has 0 aromatic heterocycles. The zero-order chi connectivity index (χ0) is 9.12. The van der Waals surface area contributed by atoms with Crippen molar-refractivity contribution in [3.63, 3.8) is 0 Å². The molecule has 0 fully saturated rings. The van der Waals surface area contributed by atoms with Crippen molar-refractivity contribution in [2.75, 3.05) is 6.54 Å². The molecule has 0 spiro atoms. The maximum absolute atomic E-state index is 10.1. The van der Waals surface area contributed by atoms with E-state index >= 15 is 0 Å². The second-order valence-electron chi connectivity index (χ2n) is 3.66. The van der Waals surface area contributed by atoms with Crippen LogP contribution in [0.3, 0.4) is 0 Å². The number of rotatable bonds is 3. The smallest absolute Gasteiger partial charge is 0.159 e. The Bertz CT molecular complexity index is 202. The SMILES string of the molecule is CC(C)(C)CCNS(=O)(=O)[O-]. The van der Waals surface area contributed by atoms with Crippen LogP contribution in [0, 0.1) is 5.41 Å². The van der Waals surface area contributed by atoms with Gasteiger partial charge in [0.05, 0.1) is 0 Å². The lowest BCUT2D eigenvalue weighted by Crippen LogP contribution is -2.26. The van der Waals surface area contributed by atoms with Gasteiger partial charge in [-0.25, -0.2) is 13.1 Å². The van der Waals surface area contributed by atoms with Crippen molar-refractivity contribution in [1.82, 2.24) is 4.72 Å². The lowest BCUT2D eigenvalue weighted by molar-refractivity contribution is 0.371. The summed E-state index contributed by atoms with van der Waals surface area (Å²) in [6.45, 7) is 6.15. The quantitative estimate of drug-likeness (QED) is 0.642. The van der Waals surface area contributed by atoms with Crippen LogP contribution in [0.15, 0.2) is 0 Å². The Labute approximate surface area is 67.9 Å². The minimum absolute atomic E-state index is 0.0533. The molecule has 0 aliphatic heterocycles. The first-order valence-corrected chi connectivity index (χ1v) is 4.82. The molecule has 0 amide bonds. The first kappa shape index (κ1) is 10.9. The van der Waals surface area contributed by atoms with Gasteiger partial charge >= 0.3 is 0 Å². The van der Waals surface area contributed by atoms with E-state index in [1.807, 2.05) is 25.5 Å². The second-order valence-corrected chi connectivity index (χ2v) is 4.86. The zero-order valence-corrected chi connectivity index (χ0v) is 7.86. The first-order valence-electron chi connectivity index (χ1n) is 3.41. The molecular weight excluding hydrogens is 166 g/mol. The highest BCUT2D eigenvalue weighted by Crippen LogP contribution is 2.16. The van der Waals surface area contributed by atoms with Gasteiger partial charge < -0.3 is 4.55 Å². The average Bonchev–Trinajstić information content (AvgIpc) is 1.55. The third-order valence-corrected chi connectivity index (χ3v) is 1.71. The molecule has 0 aromatic rings. The first-order chi connectivity index (χ1) is 4.71. The summed E-state index contributed by atoms with van der Waals surface area (Å²) in [4.78, 5) is 0. The van der Waals surface area contributed by atoms with Crippen LogP contribution >= 0.6 is 0 Å². The average molecular weight is 180 g/mol. The van der Waals surface area contributed by atoms with Gasteiger partial charge in [0.1, 0.15) is 0 Å². The molecular formula is C6H14NO3S-. The highest BCUT2D eigenvalue weighted by Gasteiger charge is 2.09. The van der Waals surface area contributed by atoms with Gasteiger partial charge in [-0.2, -0.15) is 0 Å². The largest absolute Gasteiger partial charge is 0.735 e. The van der Waals surface area contributed by atoms with Gasteiger partial charge in [0.15, 0.2) is 10.3 Å². The van der Waals surface area contributed by atoms with Crippen LogP contribution in [0.5, 0.6) is 0 Å². The molecule has 0 saturated carbocycles. The summed E-state index contributed by atoms with van der Waals surface area (Å²) in [5.74, 6) is 0. The predicted molar refractivity (Wildman–Crippen MR) is 41.8 cm³/mol. The van der Waals surface area contributed by atoms with Crippen LogP contribution in [-0.4, -0.2) is 19.5 Å². The summed E-state index contributed by atoms with van der Waals surface area (Å²) in [5.41, 5.74) is 0.0533. The Morgan fingerprint density at radius 1 is 1.36 bits per heavy atom. The molecule has 11 heavy (non-hydrogen) atoms. The third kappa shape index (κ3) is 9.87. The molecule has 5 heteroatoms. The van der Waals surface area contributed by atoms with E-state index in [0.29, 0.717) is 6.42 Å². The van der Waals surface area contributed by atoms with Gasteiger partial charge in [-0.1, -0.05) is 20.8 Å². The van der Waals surface area contributed by atoms with Crippen molar-refractivity contribution in [2.24, 2.45) is 5.41 Å². The molecule has 1 N–H and O–H groups in total. The van der Waals surface area contributed by atoms with Crippen molar-refractivity contribution in [3.8, 4) is 0 Å². The maximum atomic E-state index is 10.1. The van der Waals surface area contributed by atoms with Gasteiger partial charge in [-0.15, -0.1) is 0 Å². The van der Waals surface area contributed by atoms with Crippen LogP contribution in [-0.2, 0) is 10.3 Å². The molecule has 0 saturated heterocycles. The van der Waals surface area contributed by atoms with E-state index in [1.54, 1.807) is 0 Å². The zero-order valence-electron chi connectivity index (χ0n) is 7.05. The van der Waals surface area contributed by atoms with Crippen LogP contribution in [0.2, 0.25) is 0 Å². The topological polar surface area (TPSA) is 69.2 Å². The standard InChI is InChI=1S/C6H15NO3S/c1-6(2,3)4-5-7-11(8,9)10/h7H,4-5H2,1-3H3,(H,8,9,10)/p-1. The summed E-state index contributed by atoms with van der Waals surface area (Å²) in [6.07, 6.45) is 0.661. The lowest BCUT2D eigenvalue weighted by Gasteiger charge is -2.18. The number of hydrogen-bond acceptors (Lipinski definition) is 3. The van der Waals surface area contributed by atoms with Crippen molar-refractivity contribution in [3.05, 3.63) is 0 Å². The van der Waals surface area contributed by atoms with Crippen molar-refractivity contribution in [2.45, 2.75) is 27.2 Å². The fourth-order valence-electron chi connectivity index (χ4n) is 0.551. The van der Waals surface area contributed by atoms with E-state index < -0.39 is 10.3 Å². The summed E-state index contributed by atoms with van der Waals surface area (Å²) in [5, 5.41) is 0. The monoisotopic (exact) mass is 180 g/mol. The van der Waals surface area contributed by atoms with E-state index in [0.717, 1.165) is 0 Å². The lowest BCUT2D eigenvalue weighted by atomic mass is 9.93. The van der Waals surface area contributed by atoms with E-state index in [9.17, 15) is 13.0 Å². The van der Waals surface area contributed by atoms with E-state index in [1.165, 1.54) is 0 Å². The molecule has 0 aliphatic carbocycles. The molecule has 0 atom stereocenters. The minimum atomic E-state index is -4.25. The van der Waals surface area contributed by atoms with Crippen molar-refractivity contribution < 1.29 is 13.0 Å². The predicted octanol–water partition coefficient (Wildman–Crippen LogP) is 0.472. The molecule has 4 nitrogen and oxygen atoms in total. The summed E-state index contributed by atoms with van der Waals surface area (Å²) < 4.78 is 32.0. The van der Waals surface area contributed by atoms with Crippen LogP contribution in [0.4, 0.5) is 0 Å². The highest BCUT2D eigenvalue weighted by molar-refractivity contribution is 7.83. The molecule has 0 heterocycles. The van der Waals surface area contributed by atoms with Crippen molar-refractivity contribution in [1.29, 1.82) is 0 Å². The maximum Gasteiger partial charge on any atom is 0.159 e. The third-order valence-electron chi connectivity index (χ3n) is 1.15. The second kappa shape index (κ2) is 3.51. The number of nitrogens with one attached hydrogen (secondary N) is 1. The van der Waals surface area contributed by atoms with E-state index in [2.05, 4.69) is 0 Å². The Balaban J connectivity index is 3.61. The minimum Gasteiger partial charge on any atom is -0.735 e. The van der Waals surface area contributed by atoms with Crippen LogP contribution in [0.25, 0.3) is 0 Å². The molecule has 0 unspecified atom stereocenters. The van der Waals surface area contributed by atoms with E-state index in [4.69, 9.17) is 0 Å². The molecule has 0 radical (unpaired) electrons. The van der Waals surface area contributed by atoms with Crippen LogP contribution < -0.4 is 4.72 Å². The molecule has 0 bridgehead atoms. The molecule has 0 rings (SSSR count). The Kier molecular flexibility index (Phi) is 3.47. The van der Waals surface area contributed by atoms with Gasteiger partial charge in [0.25, 0.3) is 0 Å². The Morgan fingerprint density at radius 2 is 1.82 bits per heavy atom. The molecule has 68 valence electrons. The summed E-state index contributed by atoms with van der Waals surface area (Å²) in [6, 6.07) is 0. The normalized spacial score (nSPS) is 13.5. The fraction of sp³-hybridized carbons (Fsp3) is 1.00. The highest BCUT2D eigenvalue weighted by atomic mass is 32.2. The van der Waals surface area contributed by atoms with Crippen molar-refractivity contribution >= 4 is 10.3 Å². The molecule has 0 aliphatic rings. The molecule has 0 aromatic carbocycles. The van der Waals surface area contributed by atoms with Crippen LogP contribution in [0.1, 0.15) is 27.2 Å². The van der Waals surface area contributed by atoms with Gasteiger partial charge in [0.2, 0.25) is 0 Å².